The highest BCUT2D eigenvalue weighted by molar-refractivity contribution is 6.55. The number of rotatable bonds is 6. The quantitative estimate of drug-likeness (QED) is 0.597. The van der Waals surface area contributed by atoms with Crippen molar-refractivity contribution >= 4 is 29.0 Å². The van der Waals surface area contributed by atoms with Crippen LogP contribution in [0.5, 0.6) is 0 Å². The number of anilines is 1. The SMILES string of the molecule is CCOC(CN1C(=O)C(=O)c2c(Cl)cccc21)OCC. The summed E-state index contributed by atoms with van der Waals surface area (Å²) in [4.78, 5) is 25.4. The number of ketones is 1. The van der Waals surface area contributed by atoms with Gasteiger partial charge in [0, 0.05) is 13.2 Å². The van der Waals surface area contributed by atoms with E-state index in [1.54, 1.807) is 18.2 Å². The molecule has 0 saturated carbocycles. The smallest absolute Gasteiger partial charge is 0.299 e. The molecule has 1 aliphatic heterocycles. The Hall–Kier alpha value is -1.43. The average molecular weight is 298 g/mol. The molecule has 0 aromatic heterocycles. The molecule has 1 aliphatic rings. The summed E-state index contributed by atoms with van der Waals surface area (Å²) in [6, 6.07) is 4.99. The number of hydrogen-bond acceptors (Lipinski definition) is 4. The van der Waals surface area contributed by atoms with E-state index in [0.717, 1.165) is 0 Å². The van der Waals surface area contributed by atoms with Gasteiger partial charge >= 0.3 is 0 Å². The van der Waals surface area contributed by atoms with Crippen LogP contribution in [-0.2, 0) is 14.3 Å². The number of amides is 1. The second-order valence-electron chi connectivity index (χ2n) is 4.22. The molecule has 0 bridgehead atoms. The van der Waals surface area contributed by atoms with Crippen molar-refractivity contribution in [2.24, 2.45) is 0 Å². The number of benzene rings is 1. The molecule has 1 aromatic carbocycles. The van der Waals surface area contributed by atoms with Gasteiger partial charge in [-0.15, -0.1) is 0 Å². The first-order valence-corrected chi connectivity index (χ1v) is 6.85. The lowest BCUT2D eigenvalue weighted by molar-refractivity contribution is -0.134. The minimum atomic E-state index is -0.600. The number of carbonyl (C=O) groups excluding carboxylic acids is 2. The van der Waals surface area contributed by atoms with Gasteiger partial charge in [0.05, 0.1) is 22.8 Å². The topological polar surface area (TPSA) is 55.8 Å². The fourth-order valence-corrected chi connectivity index (χ4v) is 2.41. The summed E-state index contributed by atoms with van der Waals surface area (Å²) in [5.74, 6) is -1.19. The van der Waals surface area contributed by atoms with Crippen molar-refractivity contribution in [3.8, 4) is 0 Å². The van der Waals surface area contributed by atoms with E-state index in [9.17, 15) is 9.59 Å². The lowest BCUT2D eigenvalue weighted by Gasteiger charge is -2.23. The molecule has 0 unspecified atom stereocenters. The van der Waals surface area contributed by atoms with Gasteiger partial charge in [0.25, 0.3) is 11.7 Å². The maximum atomic E-state index is 12.1. The minimum absolute atomic E-state index is 0.166. The van der Waals surface area contributed by atoms with Crippen LogP contribution in [0.25, 0.3) is 0 Å². The number of hydrogen-bond donors (Lipinski definition) is 0. The summed E-state index contributed by atoms with van der Waals surface area (Å²) in [6.07, 6.45) is -0.563. The number of Topliss-reactive ketones (excluding diaryl/α,β-unsaturated/α-hetero) is 1. The van der Waals surface area contributed by atoms with Gasteiger partial charge in [0.15, 0.2) is 6.29 Å². The Balaban J connectivity index is 2.27. The minimum Gasteiger partial charge on any atom is -0.351 e. The Morgan fingerprint density at radius 1 is 1.20 bits per heavy atom. The monoisotopic (exact) mass is 297 g/mol. The van der Waals surface area contributed by atoms with Crippen LogP contribution in [-0.4, -0.2) is 37.7 Å². The largest absolute Gasteiger partial charge is 0.351 e. The first kappa shape index (κ1) is 15.0. The molecular weight excluding hydrogens is 282 g/mol. The van der Waals surface area contributed by atoms with Crippen molar-refractivity contribution in [2.45, 2.75) is 20.1 Å². The molecule has 1 heterocycles. The summed E-state index contributed by atoms with van der Waals surface area (Å²) in [5, 5.41) is 0.285. The average Bonchev–Trinajstić information content (AvgIpc) is 2.66. The van der Waals surface area contributed by atoms with Gasteiger partial charge in [-0.1, -0.05) is 17.7 Å². The van der Waals surface area contributed by atoms with Crippen LogP contribution in [0.3, 0.4) is 0 Å². The first-order valence-electron chi connectivity index (χ1n) is 6.48. The van der Waals surface area contributed by atoms with E-state index in [1.165, 1.54) is 4.90 Å². The molecule has 20 heavy (non-hydrogen) atoms. The summed E-state index contributed by atoms with van der Waals surface area (Å²) < 4.78 is 10.8. The maximum Gasteiger partial charge on any atom is 0.299 e. The molecule has 0 spiro atoms. The standard InChI is InChI=1S/C14H16ClNO4/c1-3-19-11(20-4-2)8-16-10-7-5-6-9(15)12(10)13(17)14(16)18/h5-7,11H,3-4,8H2,1-2H3. The Bertz CT molecular complexity index is 526. The summed E-state index contributed by atoms with van der Waals surface area (Å²) in [7, 11) is 0. The summed E-state index contributed by atoms with van der Waals surface area (Å²) >= 11 is 5.99. The number of carbonyl (C=O) groups is 2. The Morgan fingerprint density at radius 3 is 2.45 bits per heavy atom. The van der Waals surface area contributed by atoms with Gasteiger partial charge < -0.3 is 9.47 Å². The molecule has 1 amide bonds. The molecule has 6 heteroatoms. The van der Waals surface area contributed by atoms with Crippen LogP contribution in [0.15, 0.2) is 18.2 Å². The highest BCUT2D eigenvalue weighted by Crippen LogP contribution is 2.34. The normalized spacial score (nSPS) is 14.3. The second-order valence-corrected chi connectivity index (χ2v) is 4.63. The predicted octanol–water partition coefficient (Wildman–Crippen LogP) is 2.27. The van der Waals surface area contributed by atoms with Crippen molar-refractivity contribution in [3.63, 3.8) is 0 Å². The van der Waals surface area contributed by atoms with Gasteiger partial charge in [0.2, 0.25) is 0 Å². The van der Waals surface area contributed by atoms with Crippen molar-refractivity contribution in [1.29, 1.82) is 0 Å². The number of halogens is 1. The highest BCUT2D eigenvalue weighted by Gasteiger charge is 2.38. The van der Waals surface area contributed by atoms with E-state index in [-0.39, 0.29) is 17.1 Å². The van der Waals surface area contributed by atoms with Crippen LogP contribution in [0.2, 0.25) is 5.02 Å². The molecule has 0 radical (unpaired) electrons. The molecule has 0 atom stereocenters. The fourth-order valence-electron chi connectivity index (χ4n) is 2.16. The lowest BCUT2D eigenvalue weighted by Crippen LogP contribution is -2.39. The van der Waals surface area contributed by atoms with E-state index >= 15 is 0 Å². The van der Waals surface area contributed by atoms with E-state index in [1.807, 2.05) is 13.8 Å². The zero-order valence-electron chi connectivity index (χ0n) is 11.4. The van der Waals surface area contributed by atoms with Crippen molar-refractivity contribution < 1.29 is 19.1 Å². The molecule has 5 nitrogen and oxygen atoms in total. The third-order valence-electron chi connectivity index (χ3n) is 2.99. The molecule has 2 rings (SSSR count). The Kier molecular flexibility index (Phi) is 4.75. The van der Waals surface area contributed by atoms with Gasteiger partial charge in [-0.3, -0.25) is 14.5 Å². The molecule has 0 saturated heterocycles. The van der Waals surface area contributed by atoms with Crippen molar-refractivity contribution in [2.75, 3.05) is 24.7 Å². The van der Waals surface area contributed by atoms with Crippen LogP contribution in [0.4, 0.5) is 5.69 Å². The van der Waals surface area contributed by atoms with Crippen LogP contribution in [0, 0.1) is 0 Å². The van der Waals surface area contributed by atoms with E-state index in [4.69, 9.17) is 21.1 Å². The fraction of sp³-hybridized carbons (Fsp3) is 0.429. The summed E-state index contributed by atoms with van der Waals surface area (Å²) in [6.45, 7) is 4.77. The third-order valence-corrected chi connectivity index (χ3v) is 3.30. The lowest BCUT2D eigenvalue weighted by atomic mass is 10.1. The van der Waals surface area contributed by atoms with Crippen LogP contribution >= 0.6 is 11.6 Å². The maximum absolute atomic E-state index is 12.1. The number of fused-ring (bicyclic) bond motifs is 1. The number of ether oxygens (including phenoxy) is 2. The predicted molar refractivity (Wildman–Crippen MR) is 75.2 cm³/mol. The van der Waals surface area contributed by atoms with E-state index in [0.29, 0.717) is 18.9 Å². The van der Waals surface area contributed by atoms with Gasteiger partial charge in [-0.2, -0.15) is 0 Å². The molecular formula is C14H16ClNO4. The molecule has 0 aliphatic carbocycles. The Morgan fingerprint density at radius 2 is 1.85 bits per heavy atom. The van der Waals surface area contributed by atoms with Gasteiger partial charge in [-0.25, -0.2) is 0 Å². The highest BCUT2D eigenvalue weighted by atomic mass is 35.5. The van der Waals surface area contributed by atoms with Crippen molar-refractivity contribution in [3.05, 3.63) is 28.8 Å². The molecule has 0 N–H and O–H groups in total. The zero-order chi connectivity index (χ0) is 14.7. The van der Waals surface area contributed by atoms with Crippen LogP contribution in [0.1, 0.15) is 24.2 Å². The van der Waals surface area contributed by atoms with Crippen LogP contribution < -0.4 is 4.90 Å². The van der Waals surface area contributed by atoms with Crippen molar-refractivity contribution in [1.82, 2.24) is 0 Å². The summed E-state index contributed by atoms with van der Waals surface area (Å²) in [5.41, 5.74) is 0.766. The van der Waals surface area contributed by atoms with Gasteiger partial charge in [-0.05, 0) is 26.0 Å². The molecule has 108 valence electrons. The second kappa shape index (κ2) is 6.35. The van der Waals surface area contributed by atoms with Gasteiger partial charge in [0.1, 0.15) is 0 Å². The van der Waals surface area contributed by atoms with E-state index in [2.05, 4.69) is 0 Å². The first-order chi connectivity index (χ1) is 9.60. The molecule has 0 fully saturated rings. The number of nitrogens with zero attached hydrogens (tertiary/aromatic N) is 1. The Labute approximate surface area is 122 Å². The zero-order valence-corrected chi connectivity index (χ0v) is 12.1. The third kappa shape index (κ3) is 2.70. The molecule has 1 aromatic rings. The van der Waals surface area contributed by atoms with E-state index < -0.39 is 18.0 Å².